The van der Waals surface area contributed by atoms with Gasteiger partial charge in [-0.15, -0.1) is 11.3 Å². The van der Waals surface area contributed by atoms with Crippen LogP contribution >= 0.6 is 22.9 Å². The lowest BCUT2D eigenvalue weighted by Gasteiger charge is -2.36. The van der Waals surface area contributed by atoms with E-state index < -0.39 is 5.60 Å². The first kappa shape index (κ1) is 16.5. The number of amides is 1. The van der Waals surface area contributed by atoms with Gasteiger partial charge in [0.1, 0.15) is 0 Å². The van der Waals surface area contributed by atoms with Gasteiger partial charge in [-0.25, -0.2) is 0 Å². The summed E-state index contributed by atoms with van der Waals surface area (Å²) < 4.78 is 0.724. The molecule has 2 heterocycles. The summed E-state index contributed by atoms with van der Waals surface area (Å²) in [6.45, 7) is 7.25. The largest absolute Gasteiger partial charge is 0.389 e. The van der Waals surface area contributed by atoms with Gasteiger partial charge >= 0.3 is 0 Å². The van der Waals surface area contributed by atoms with E-state index in [9.17, 15) is 9.90 Å². The van der Waals surface area contributed by atoms with Crippen molar-refractivity contribution in [2.45, 2.75) is 19.4 Å². The van der Waals surface area contributed by atoms with Crippen LogP contribution in [0.5, 0.6) is 0 Å². The number of piperazine rings is 1. The van der Waals surface area contributed by atoms with E-state index >= 15 is 0 Å². The van der Waals surface area contributed by atoms with Crippen molar-refractivity contribution < 1.29 is 9.90 Å². The molecule has 0 aromatic carbocycles. The fourth-order valence-electron chi connectivity index (χ4n) is 2.35. The molecular weight excluding hydrogens is 308 g/mol. The van der Waals surface area contributed by atoms with E-state index in [0.29, 0.717) is 19.6 Å². The minimum Gasteiger partial charge on any atom is -0.389 e. The van der Waals surface area contributed by atoms with Crippen molar-refractivity contribution in [3.05, 3.63) is 27.4 Å². The Morgan fingerprint density at radius 1 is 1.38 bits per heavy atom. The lowest BCUT2D eigenvalue weighted by atomic mass is 10.1. The van der Waals surface area contributed by atoms with Crippen molar-refractivity contribution in [3.63, 3.8) is 0 Å². The minimum atomic E-state index is -0.690. The fourth-order valence-corrected chi connectivity index (χ4v) is 3.31. The third-order valence-corrected chi connectivity index (χ3v) is 4.48. The molecule has 6 heteroatoms. The molecule has 1 aromatic heterocycles. The second kappa shape index (κ2) is 6.92. The smallest absolute Gasteiger partial charge is 0.246 e. The molecule has 21 heavy (non-hydrogen) atoms. The molecule has 4 nitrogen and oxygen atoms in total. The highest BCUT2D eigenvalue weighted by Crippen LogP contribution is 2.22. The van der Waals surface area contributed by atoms with Crippen molar-refractivity contribution in [2.75, 3.05) is 32.7 Å². The number of hydrogen-bond donors (Lipinski definition) is 1. The molecule has 2 rings (SSSR count). The minimum absolute atomic E-state index is 0.0300. The molecule has 1 amide bonds. The monoisotopic (exact) mass is 328 g/mol. The number of nitrogens with zero attached hydrogens (tertiary/aromatic N) is 2. The summed E-state index contributed by atoms with van der Waals surface area (Å²) in [5.41, 5.74) is -0.690. The fraction of sp³-hybridized carbons (Fsp3) is 0.533. The normalized spacial score (nSPS) is 17.6. The Morgan fingerprint density at radius 2 is 2.05 bits per heavy atom. The summed E-state index contributed by atoms with van der Waals surface area (Å²) in [7, 11) is 0. The molecule has 0 bridgehead atoms. The molecule has 1 saturated heterocycles. The van der Waals surface area contributed by atoms with Gasteiger partial charge in [-0.3, -0.25) is 9.69 Å². The zero-order chi connectivity index (χ0) is 15.5. The topological polar surface area (TPSA) is 43.8 Å². The van der Waals surface area contributed by atoms with Crippen molar-refractivity contribution in [2.24, 2.45) is 0 Å². The van der Waals surface area contributed by atoms with Crippen LogP contribution < -0.4 is 0 Å². The van der Waals surface area contributed by atoms with Crippen molar-refractivity contribution in [1.29, 1.82) is 0 Å². The van der Waals surface area contributed by atoms with Gasteiger partial charge in [0.05, 0.1) is 9.94 Å². The predicted molar refractivity (Wildman–Crippen MR) is 87.7 cm³/mol. The Morgan fingerprint density at radius 3 is 2.57 bits per heavy atom. The Labute approximate surface area is 134 Å². The van der Waals surface area contributed by atoms with Crippen molar-refractivity contribution in [1.82, 2.24) is 9.80 Å². The molecule has 1 N–H and O–H groups in total. The van der Waals surface area contributed by atoms with Gasteiger partial charge in [0.25, 0.3) is 0 Å². The van der Waals surface area contributed by atoms with Crippen LogP contribution in [0.25, 0.3) is 6.08 Å². The quantitative estimate of drug-likeness (QED) is 0.863. The van der Waals surface area contributed by atoms with Gasteiger partial charge in [-0.05, 0) is 32.1 Å². The number of hydrogen-bond acceptors (Lipinski definition) is 4. The number of thiophene rings is 1. The Kier molecular flexibility index (Phi) is 5.43. The Balaban J connectivity index is 1.82. The first-order valence-electron chi connectivity index (χ1n) is 7.00. The maximum atomic E-state index is 12.1. The van der Waals surface area contributed by atoms with Gasteiger partial charge in [0, 0.05) is 43.7 Å². The van der Waals surface area contributed by atoms with E-state index in [1.807, 2.05) is 23.1 Å². The number of aliphatic hydroxyl groups is 1. The van der Waals surface area contributed by atoms with Crippen LogP contribution in [0, 0.1) is 0 Å². The number of β-amino-alcohol motifs (C(OH)–C–C–N with tert-alkyl or cyclic N) is 1. The molecule has 0 radical (unpaired) electrons. The summed E-state index contributed by atoms with van der Waals surface area (Å²) in [6.07, 6.45) is 3.41. The molecule has 1 aliphatic heterocycles. The highest BCUT2D eigenvalue weighted by Gasteiger charge is 2.24. The lowest BCUT2D eigenvalue weighted by molar-refractivity contribution is -0.128. The van der Waals surface area contributed by atoms with Crippen LogP contribution in [-0.4, -0.2) is 59.1 Å². The van der Waals surface area contributed by atoms with Gasteiger partial charge in [0.15, 0.2) is 0 Å². The van der Waals surface area contributed by atoms with Gasteiger partial charge in [0.2, 0.25) is 5.91 Å². The van der Waals surface area contributed by atoms with E-state index in [0.717, 1.165) is 22.3 Å². The van der Waals surface area contributed by atoms with E-state index in [1.54, 1.807) is 19.9 Å². The average molecular weight is 329 g/mol. The Bertz CT molecular complexity index is 514. The van der Waals surface area contributed by atoms with Crippen LogP contribution in [0.2, 0.25) is 4.34 Å². The van der Waals surface area contributed by atoms with E-state index in [2.05, 4.69) is 4.90 Å². The molecule has 0 spiro atoms. The van der Waals surface area contributed by atoms with E-state index in [1.165, 1.54) is 11.3 Å². The SMILES string of the molecule is CC(C)(O)CN1CCN(C(=O)C=Cc2ccc(Cl)s2)CC1. The summed E-state index contributed by atoms with van der Waals surface area (Å²) in [6, 6.07) is 3.73. The number of rotatable bonds is 4. The summed E-state index contributed by atoms with van der Waals surface area (Å²) in [5.74, 6) is 0.0300. The third kappa shape index (κ3) is 5.43. The van der Waals surface area contributed by atoms with Gasteiger partial charge in [-0.1, -0.05) is 11.6 Å². The van der Waals surface area contributed by atoms with Gasteiger partial charge < -0.3 is 10.0 Å². The maximum Gasteiger partial charge on any atom is 0.246 e. The third-order valence-electron chi connectivity index (χ3n) is 3.28. The molecule has 0 saturated carbocycles. The summed E-state index contributed by atoms with van der Waals surface area (Å²) >= 11 is 7.31. The highest BCUT2D eigenvalue weighted by molar-refractivity contribution is 7.17. The molecule has 0 aliphatic carbocycles. The standard InChI is InChI=1S/C15H21ClN2O2S/c1-15(2,20)11-17-7-9-18(10-8-17)14(19)6-4-12-3-5-13(16)21-12/h3-6,20H,7-11H2,1-2H3. The first-order valence-corrected chi connectivity index (χ1v) is 8.20. The zero-order valence-electron chi connectivity index (χ0n) is 12.4. The zero-order valence-corrected chi connectivity index (χ0v) is 14.0. The number of halogens is 1. The second-order valence-electron chi connectivity index (χ2n) is 5.89. The molecule has 0 atom stereocenters. The molecule has 116 valence electrons. The maximum absolute atomic E-state index is 12.1. The lowest BCUT2D eigenvalue weighted by Crippen LogP contribution is -2.51. The van der Waals surface area contributed by atoms with Crippen LogP contribution in [-0.2, 0) is 4.79 Å². The van der Waals surface area contributed by atoms with Crippen LogP contribution in [0.3, 0.4) is 0 Å². The van der Waals surface area contributed by atoms with Crippen LogP contribution in [0.4, 0.5) is 0 Å². The molecule has 1 aromatic rings. The molecule has 1 aliphatic rings. The van der Waals surface area contributed by atoms with E-state index in [-0.39, 0.29) is 5.91 Å². The average Bonchev–Trinajstić information content (AvgIpc) is 2.81. The van der Waals surface area contributed by atoms with Gasteiger partial charge in [-0.2, -0.15) is 0 Å². The van der Waals surface area contributed by atoms with Crippen LogP contribution in [0.1, 0.15) is 18.7 Å². The number of carbonyl (C=O) groups is 1. The van der Waals surface area contributed by atoms with Crippen LogP contribution in [0.15, 0.2) is 18.2 Å². The first-order chi connectivity index (χ1) is 9.83. The Hall–Kier alpha value is -0.880. The molecule has 1 fully saturated rings. The number of carbonyl (C=O) groups excluding carboxylic acids is 1. The molecule has 0 unspecified atom stereocenters. The predicted octanol–water partition coefficient (Wildman–Crippen LogP) is 2.33. The summed E-state index contributed by atoms with van der Waals surface area (Å²) in [5, 5.41) is 9.81. The highest BCUT2D eigenvalue weighted by atomic mass is 35.5. The molecular formula is C15H21ClN2O2S. The summed E-state index contributed by atoms with van der Waals surface area (Å²) in [4.78, 5) is 17.1. The van der Waals surface area contributed by atoms with Crippen molar-refractivity contribution in [3.8, 4) is 0 Å². The van der Waals surface area contributed by atoms with E-state index in [4.69, 9.17) is 11.6 Å². The second-order valence-corrected chi connectivity index (χ2v) is 7.64. The van der Waals surface area contributed by atoms with Crippen molar-refractivity contribution >= 4 is 34.9 Å².